The van der Waals surface area contributed by atoms with Gasteiger partial charge in [-0.2, -0.15) is 0 Å². The predicted octanol–water partition coefficient (Wildman–Crippen LogP) is -2.78. The number of nitrogens with zero attached hydrogens (tertiary/aromatic N) is 1. The summed E-state index contributed by atoms with van der Waals surface area (Å²) in [5, 5.41) is 28.9. The van der Waals surface area contributed by atoms with E-state index < -0.39 is 37.1 Å². The van der Waals surface area contributed by atoms with Crippen molar-refractivity contribution in [2.75, 3.05) is 0 Å². The number of aromatic hydroxyl groups is 2. The Morgan fingerprint density at radius 3 is 2.12 bits per heavy atom. The van der Waals surface area contributed by atoms with Crippen LogP contribution < -0.4 is 29.6 Å². The summed E-state index contributed by atoms with van der Waals surface area (Å²) in [5.41, 5.74) is -1.15. The summed E-state index contributed by atoms with van der Waals surface area (Å²) in [6.07, 6.45) is 0. The number of aryl methyl sites for hydroxylation is 1. The van der Waals surface area contributed by atoms with E-state index in [4.69, 9.17) is 0 Å². The van der Waals surface area contributed by atoms with E-state index in [9.17, 15) is 33.3 Å². The maximum absolute atomic E-state index is 10.7. The zero-order valence-corrected chi connectivity index (χ0v) is 11.7. The molecule has 0 aliphatic rings. The number of hydrogen-bond donors (Lipinski definition) is 2. The van der Waals surface area contributed by atoms with Gasteiger partial charge in [-0.1, -0.05) is 0 Å². The molecular weight excluding hydrogens is 265 g/mol. The second-order valence-corrected chi connectivity index (χ2v) is 4.27. The van der Waals surface area contributed by atoms with E-state index in [0.29, 0.717) is 0 Å². The van der Waals surface area contributed by atoms with Gasteiger partial charge in [-0.3, -0.25) is 10.1 Å². The third-order valence-electron chi connectivity index (χ3n) is 1.85. The number of benzene rings is 1. The Balaban J connectivity index is 0.00000256. The third-order valence-corrected chi connectivity index (χ3v) is 2.73. The maximum Gasteiger partial charge on any atom is 1.00 e. The first kappa shape index (κ1) is 16.1. The van der Waals surface area contributed by atoms with Gasteiger partial charge in [-0.15, -0.1) is 0 Å². The van der Waals surface area contributed by atoms with Crippen LogP contribution in [0.1, 0.15) is 5.56 Å². The standard InChI is InChI=1S/C7H7NO7S.Na/c1-3-2-4(8(11)12)6(10)7(5(3)9)16(13,14)15;/h2,9-10H,1H3,(H,13,14,15);/q;+1/p-1. The molecule has 1 aromatic carbocycles. The molecule has 1 aromatic rings. The van der Waals surface area contributed by atoms with Crippen molar-refractivity contribution >= 4 is 15.8 Å². The fourth-order valence-corrected chi connectivity index (χ4v) is 1.86. The van der Waals surface area contributed by atoms with Crippen LogP contribution >= 0.6 is 0 Å². The molecular formula is C7H6NNaO7S. The molecule has 1 rings (SSSR count). The van der Waals surface area contributed by atoms with Crippen LogP contribution in [-0.2, 0) is 10.1 Å². The summed E-state index contributed by atoms with van der Waals surface area (Å²) in [4.78, 5) is 8.00. The summed E-state index contributed by atoms with van der Waals surface area (Å²) < 4.78 is 32.1. The number of phenols is 2. The molecule has 0 heterocycles. The zero-order valence-electron chi connectivity index (χ0n) is 8.87. The molecule has 0 bridgehead atoms. The van der Waals surface area contributed by atoms with Gasteiger partial charge in [0.15, 0.2) is 0 Å². The van der Waals surface area contributed by atoms with E-state index >= 15 is 0 Å². The van der Waals surface area contributed by atoms with Gasteiger partial charge in [-0.05, 0) is 12.5 Å². The van der Waals surface area contributed by atoms with Crippen molar-refractivity contribution in [1.29, 1.82) is 0 Å². The van der Waals surface area contributed by atoms with Crippen LogP contribution in [-0.4, -0.2) is 28.1 Å². The Morgan fingerprint density at radius 2 is 1.76 bits per heavy atom. The molecule has 10 heteroatoms. The predicted molar refractivity (Wildman–Crippen MR) is 49.1 cm³/mol. The Bertz CT molecular complexity index is 568. The van der Waals surface area contributed by atoms with Crippen LogP contribution in [0.2, 0.25) is 0 Å². The topological polar surface area (TPSA) is 141 Å². The second-order valence-electron chi connectivity index (χ2n) is 2.95. The van der Waals surface area contributed by atoms with Crippen LogP contribution in [0, 0.1) is 17.0 Å². The van der Waals surface area contributed by atoms with Gasteiger partial charge >= 0.3 is 35.2 Å². The van der Waals surface area contributed by atoms with E-state index in [1.807, 2.05) is 0 Å². The van der Waals surface area contributed by atoms with Crippen molar-refractivity contribution in [3.63, 3.8) is 0 Å². The Morgan fingerprint density at radius 1 is 1.29 bits per heavy atom. The number of hydrogen-bond acceptors (Lipinski definition) is 7. The third kappa shape index (κ3) is 3.07. The molecule has 0 aliphatic carbocycles. The SMILES string of the molecule is Cc1cc([N+](=O)[O-])c(O)c(S(=O)(=O)[O-])c1O.[Na+]. The molecule has 8 nitrogen and oxygen atoms in total. The summed E-state index contributed by atoms with van der Waals surface area (Å²) in [7, 11) is -5.20. The summed E-state index contributed by atoms with van der Waals surface area (Å²) in [6, 6.07) is 0.763. The molecule has 17 heavy (non-hydrogen) atoms. The van der Waals surface area contributed by atoms with Gasteiger partial charge in [0.25, 0.3) is 0 Å². The Labute approximate surface area is 118 Å². The molecule has 0 unspecified atom stereocenters. The molecule has 0 atom stereocenters. The van der Waals surface area contributed by atoms with Crippen LogP contribution in [0.3, 0.4) is 0 Å². The first-order valence-corrected chi connectivity index (χ1v) is 5.23. The minimum Gasteiger partial charge on any atom is -0.744 e. The van der Waals surface area contributed by atoms with Gasteiger partial charge < -0.3 is 14.8 Å². The van der Waals surface area contributed by atoms with Crippen LogP contribution in [0.25, 0.3) is 0 Å². The fraction of sp³-hybridized carbons (Fsp3) is 0.143. The molecule has 0 saturated heterocycles. The van der Waals surface area contributed by atoms with Crippen molar-refractivity contribution in [2.24, 2.45) is 0 Å². The largest absolute Gasteiger partial charge is 1.00 e. The van der Waals surface area contributed by atoms with Gasteiger partial charge in [0.1, 0.15) is 20.8 Å². The van der Waals surface area contributed by atoms with Crippen LogP contribution in [0.4, 0.5) is 5.69 Å². The van der Waals surface area contributed by atoms with Crippen molar-refractivity contribution < 1.29 is 57.7 Å². The number of nitro benzene ring substituents is 1. The molecule has 0 radical (unpaired) electrons. The molecule has 0 amide bonds. The Hall–Kier alpha value is -0.870. The molecule has 0 aromatic heterocycles. The fourth-order valence-electron chi connectivity index (χ4n) is 1.13. The van der Waals surface area contributed by atoms with Crippen LogP contribution in [0.5, 0.6) is 11.5 Å². The zero-order chi connectivity index (χ0) is 12.7. The molecule has 0 spiro atoms. The smallest absolute Gasteiger partial charge is 0.744 e. The second kappa shape index (κ2) is 5.19. The van der Waals surface area contributed by atoms with E-state index in [-0.39, 0.29) is 35.1 Å². The molecule has 88 valence electrons. The van der Waals surface area contributed by atoms with Crippen LogP contribution in [0.15, 0.2) is 11.0 Å². The van der Waals surface area contributed by atoms with Crippen molar-refractivity contribution in [3.05, 3.63) is 21.7 Å². The first-order valence-electron chi connectivity index (χ1n) is 3.82. The van der Waals surface area contributed by atoms with Crippen molar-refractivity contribution in [3.8, 4) is 11.5 Å². The van der Waals surface area contributed by atoms with E-state index in [2.05, 4.69) is 0 Å². The van der Waals surface area contributed by atoms with Gasteiger partial charge in [0.2, 0.25) is 5.75 Å². The molecule has 0 aliphatic heterocycles. The average Bonchev–Trinajstić information content (AvgIpc) is 2.08. The van der Waals surface area contributed by atoms with Gasteiger partial charge in [-0.25, -0.2) is 8.42 Å². The van der Waals surface area contributed by atoms with Crippen molar-refractivity contribution in [2.45, 2.75) is 11.8 Å². The number of nitro groups is 1. The molecule has 2 N–H and O–H groups in total. The van der Waals surface area contributed by atoms with Gasteiger partial charge in [0, 0.05) is 6.07 Å². The summed E-state index contributed by atoms with van der Waals surface area (Å²) in [6.45, 7) is 1.16. The number of phenolic OH excluding ortho intramolecular Hbond substituents is 2. The summed E-state index contributed by atoms with van der Waals surface area (Å²) in [5.74, 6) is -2.35. The van der Waals surface area contributed by atoms with Gasteiger partial charge in [0.05, 0.1) is 4.92 Å². The average molecular weight is 271 g/mol. The number of rotatable bonds is 2. The monoisotopic (exact) mass is 271 g/mol. The molecule has 0 saturated carbocycles. The minimum absolute atomic E-state index is 0. The Kier molecular flexibility index (Phi) is 4.92. The van der Waals surface area contributed by atoms with E-state index in [1.165, 1.54) is 0 Å². The summed E-state index contributed by atoms with van der Waals surface area (Å²) >= 11 is 0. The van der Waals surface area contributed by atoms with E-state index in [0.717, 1.165) is 13.0 Å². The normalized spacial score (nSPS) is 10.7. The quantitative estimate of drug-likeness (QED) is 0.256. The van der Waals surface area contributed by atoms with Crippen molar-refractivity contribution in [1.82, 2.24) is 0 Å². The van der Waals surface area contributed by atoms with E-state index in [1.54, 1.807) is 0 Å². The molecule has 0 fully saturated rings. The minimum atomic E-state index is -5.20. The maximum atomic E-state index is 10.7. The first-order chi connectivity index (χ1) is 7.16.